The highest BCUT2D eigenvalue weighted by Gasteiger charge is 2.08. The summed E-state index contributed by atoms with van der Waals surface area (Å²) in [6, 6.07) is 6.24. The summed E-state index contributed by atoms with van der Waals surface area (Å²) in [6.07, 6.45) is 3.64. The van der Waals surface area contributed by atoms with Crippen molar-refractivity contribution in [1.29, 1.82) is 0 Å². The lowest BCUT2D eigenvalue weighted by atomic mass is 10.2. The number of halogens is 1. The van der Waals surface area contributed by atoms with Crippen molar-refractivity contribution in [2.45, 2.75) is 24.8 Å². The Hall–Kier alpha value is -2.41. The van der Waals surface area contributed by atoms with Crippen LogP contribution in [0.4, 0.5) is 4.39 Å². The van der Waals surface area contributed by atoms with E-state index in [1.54, 1.807) is 18.2 Å². The van der Waals surface area contributed by atoms with E-state index in [9.17, 15) is 4.39 Å². The third kappa shape index (κ3) is 4.07. The molecule has 2 aromatic heterocycles. The Bertz CT molecular complexity index is 803. The lowest BCUT2D eigenvalue weighted by Crippen LogP contribution is -1.82. The van der Waals surface area contributed by atoms with Crippen LogP contribution in [0.1, 0.15) is 28.7 Å². The molecular weight excluding hydrogens is 315 g/mol. The van der Waals surface area contributed by atoms with E-state index in [1.165, 1.54) is 23.9 Å². The van der Waals surface area contributed by atoms with Crippen molar-refractivity contribution in [2.75, 3.05) is 0 Å². The van der Waals surface area contributed by atoms with E-state index >= 15 is 0 Å². The number of nitrogens with zero attached hydrogens (tertiary/aromatic N) is 3. The molecule has 0 aliphatic heterocycles. The largest absolute Gasteiger partial charge is 0.445 e. The highest BCUT2D eigenvalue weighted by atomic mass is 32.2. The second kappa shape index (κ2) is 6.78. The molecule has 3 rings (SSSR count). The normalized spacial score (nSPS) is 11.4. The minimum Gasteiger partial charge on any atom is -0.445 e. The maximum Gasteiger partial charge on any atom is 0.209 e. The van der Waals surface area contributed by atoms with Crippen molar-refractivity contribution in [2.24, 2.45) is 0 Å². The molecule has 0 aliphatic carbocycles. The molecule has 118 valence electrons. The fourth-order valence-corrected chi connectivity index (χ4v) is 2.52. The molecule has 0 saturated carbocycles. The smallest absolute Gasteiger partial charge is 0.209 e. The summed E-state index contributed by atoms with van der Waals surface area (Å²) in [7, 11) is 0. The zero-order valence-corrected chi connectivity index (χ0v) is 13.5. The van der Waals surface area contributed by atoms with Crippen LogP contribution in [0, 0.1) is 19.7 Å². The third-order valence-corrected chi connectivity index (χ3v) is 4.02. The molecule has 2 heterocycles. The monoisotopic (exact) mass is 330 g/mol. The number of aryl methyl sites for hydroxylation is 2. The van der Waals surface area contributed by atoms with Gasteiger partial charge in [0.1, 0.15) is 17.4 Å². The molecule has 3 aromatic rings. The average molecular weight is 330 g/mol. The Kier molecular flexibility index (Phi) is 4.57. The fraction of sp³-hybridized carbons (Fsp3) is 0.188. The summed E-state index contributed by atoms with van der Waals surface area (Å²) < 4.78 is 18.4. The van der Waals surface area contributed by atoms with Gasteiger partial charge in [-0.1, -0.05) is 30.0 Å². The van der Waals surface area contributed by atoms with Crippen LogP contribution in [-0.4, -0.2) is 20.2 Å². The topological polar surface area (TPSA) is 67.6 Å². The van der Waals surface area contributed by atoms with Crippen molar-refractivity contribution in [1.82, 2.24) is 20.2 Å². The first-order valence-corrected chi connectivity index (χ1v) is 8.00. The second-order valence-corrected chi connectivity index (χ2v) is 5.87. The molecule has 0 spiro atoms. The van der Waals surface area contributed by atoms with Gasteiger partial charge in [0.05, 0.1) is 11.4 Å². The molecule has 0 unspecified atom stereocenters. The molecule has 1 aromatic carbocycles. The lowest BCUT2D eigenvalue weighted by molar-refractivity contribution is 0.489. The Morgan fingerprint density at radius 1 is 1.17 bits per heavy atom. The van der Waals surface area contributed by atoms with Gasteiger partial charge in [0.2, 0.25) is 11.0 Å². The van der Waals surface area contributed by atoms with Crippen LogP contribution in [0.2, 0.25) is 0 Å². The van der Waals surface area contributed by atoms with Crippen LogP contribution >= 0.6 is 11.8 Å². The lowest BCUT2D eigenvalue weighted by Gasteiger charge is -1.92. The van der Waals surface area contributed by atoms with Gasteiger partial charge in [-0.2, -0.15) is 0 Å². The highest BCUT2D eigenvalue weighted by molar-refractivity contribution is 7.98. The van der Waals surface area contributed by atoms with Gasteiger partial charge in [0.25, 0.3) is 0 Å². The molecule has 0 bridgehead atoms. The van der Waals surface area contributed by atoms with Crippen molar-refractivity contribution >= 4 is 23.9 Å². The minimum atomic E-state index is -0.252. The van der Waals surface area contributed by atoms with Gasteiger partial charge in [-0.15, -0.1) is 5.10 Å². The zero-order chi connectivity index (χ0) is 16.2. The number of rotatable bonds is 5. The molecular formula is C16H15FN4OS. The first kappa shape index (κ1) is 15.5. The van der Waals surface area contributed by atoms with Crippen LogP contribution in [0.5, 0.6) is 0 Å². The van der Waals surface area contributed by atoms with E-state index in [2.05, 4.69) is 20.2 Å². The van der Waals surface area contributed by atoms with Crippen molar-refractivity contribution < 1.29 is 8.81 Å². The van der Waals surface area contributed by atoms with E-state index in [-0.39, 0.29) is 5.82 Å². The number of benzene rings is 1. The maximum atomic E-state index is 12.8. The predicted octanol–water partition coefficient (Wildman–Crippen LogP) is 4.01. The van der Waals surface area contributed by atoms with Gasteiger partial charge in [0.15, 0.2) is 0 Å². The van der Waals surface area contributed by atoms with Crippen molar-refractivity contribution in [3.05, 3.63) is 58.8 Å². The molecule has 7 heteroatoms. The van der Waals surface area contributed by atoms with E-state index in [0.717, 1.165) is 17.0 Å². The zero-order valence-electron chi connectivity index (χ0n) is 12.7. The fourth-order valence-electron chi connectivity index (χ4n) is 1.87. The van der Waals surface area contributed by atoms with Crippen molar-refractivity contribution in [3.8, 4) is 0 Å². The third-order valence-electron chi connectivity index (χ3n) is 3.18. The summed E-state index contributed by atoms with van der Waals surface area (Å²) in [6.45, 7) is 3.81. The van der Waals surface area contributed by atoms with Crippen molar-refractivity contribution in [3.63, 3.8) is 0 Å². The first-order chi connectivity index (χ1) is 11.1. The number of H-pyrrole nitrogens is 1. The van der Waals surface area contributed by atoms with E-state index < -0.39 is 0 Å². The number of hydrogen-bond donors (Lipinski definition) is 1. The predicted molar refractivity (Wildman–Crippen MR) is 87.2 cm³/mol. The molecule has 0 amide bonds. The van der Waals surface area contributed by atoms with Gasteiger partial charge < -0.3 is 4.42 Å². The summed E-state index contributed by atoms with van der Waals surface area (Å²) in [4.78, 5) is 8.67. The molecule has 0 saturated heterocycles. The van der Waals surface area contributed by atoms with E-state index in [0.29, 0.717) is 22.6 Å². The molecule has 0 fully saturated rings. The van der Waals surface area contributed by atoms with E-state index in [4.69, 9.17) is 4.42 Å². The Morgan fingerprint density at radius 2 is 1.96 bits per heavy atom. The number of hydrogen-bond acceptors (Lipinski definition) is 5. The highest BCUT2D eigenvalue weighted by Crippen LogP contribution is 2.20. The average Bonchev–Trinajstić information content (AvgIpc) is 3.12. The Balaban J connectivity index is 1.60. The van der Waals surface area contributed by atoms with Crippen LogP contribution in [-0.2, 0) is 5.75 Å². The SMILES string of the molecule is Cc1nc(CSc2n[nH]c(/C=C/c3ccc(F)cc3)n2)oc1C. The number of nitrogens with one attached hydrogen (secondary N) is 1. The number of oxazole rings is 1. The molecule has 0 radical (unpaired) electrons. The minimum absolute atomic E-state index is 0.252. The van der Waals surface area contributed by atoms with Crippen LogP contribution in [0.3, 0.4) is 0 Å². The molecule has 0 atom stereocenters. The standard InChI is InChI=1S/C16H15FN4OS/c1-10-11(2)22-15(18-10)9-23-16-19-14(20-21-16)8-5-12-3-6-13(17)7-4-12/h3-8H,9H2,1-2H3,(H,19,20,21)/b8-5+. The van der Waals surface area contributed by atoms with Gasteiger partial charge in [-0.05, 0) is 37.6 Å². The number of aromatic nitrogens is 4. The van der Waals surface area contributed by atoms with Crippen LogP contribution in [0.25, 0.3) is 12.2 Å². The van der Waals surface area contributed by atoms with Gasteiger partial charge in [-0.3, -0.25) is 5.10 Å². The maximum absolute atomic E-state index is 12.8. The number of thioether (sulfide) groups is 1. The van der Waals surface area contributed by atoms with Crippen LogP contribution < -0.4 is 0 Å². The quantitative estimate of drug-likeness (QED) is 0.716. The summed E-state index contributed by atoms with van der Waals surface area (Å²) in [5.41, 5.74) is 1.79. The molecule has 5 nitrogen and oxygen atoms in total. The second-order valence-electron chi connectivity index (χ2n) is 4.93. The Labute approximate surface area is 137 Å². The molecule has 1 N–H and O–H groups in total. The van der Waals surface area contributed by atoms with Gasteiger partial charge >= 0.3 is 0 Å². The summed E-state index contributed by atoms with van der Waals surface area (Å²) >= 11 is 1.45. The Morgan fingerprint density at radius 3 is 2.65 bits per heavy atom. The van der Waals surface area contributed by atoms with Crippen LogP contribution in [0.15, 0.2) is 33.8 Å². The van der Waals surface area contributed by atoms with Gasteiger partial charge in [-0.25, -0.2) is 14.4 Å². The number of aromatic amines is 1. The van der Waals surface area contributed by atoms with Gasteiger partial charge in [0, 0.05) is 0 Å². The molecule has 0 aliphatic rings. The molecule has 23 heavy (non-hydrogen) atoms. The summed E-state index contributed by atoms with van der Waals surface area (Å²) in [5.74, 6) is 2.46. The summed E-state index contributed by atoms with van der Waals surface area (Å²) in [5, 5.41) is 7.60. The van der Waals surface area contributed by atoms with E-state index in [1.807, 2.05) is 19.9 Å². The first-order valence-electron chi connectivity index (χ1n) is 7.02.